The maximum atomic E-state index is 12.2. The van der Waals surface area contributed by atoms with E-state index in [1.54, 1.807) is 0 Å². The molecule has 0 aliphatic heterocycles. The number of aromatic nitrogens is 1. The third kappa shape index (κ3) is 4.72. The largest absolute Gasteiger partial charge is 0.450 e. The lowest BCUT2D eigenvalue weighted by Crippen LogP contribution is -2.24. The van der Waals surface area contributed by atoms with E-state index in [2.05, 4.69) is 9.72 Å². The van der Waals surface area contributed by atoms with Crippen molar-refractivity contribution in [2.75, 3.05) is 0 Å². The predicted molar refractivity (Wildman–Crippen MR) is 83.1 cm³/mol. The van der Waals surface area contributed by atoms with Crippen LogP contribution in [0, 0.1) is 0 Å². The topological polar surface area (TPSA) is 85.5 Å². The molecule has 0 aliphatic carbocycles. The number of hydrogen-bond donors (Lipinski definition) is 1. The third-order valence-electron chi connectivity index (χ3n) is 3.33. The number of aromatic amines is 1. The molecule has 1 unspecified atom stereocenters. The summed E-state index contributed by atoms with van der Waals surface area (Å²) >= 11 is 0. The molecule has 8 heteroatoms. The summed E-state index contributed by atoms with van der Waals surface area (Å²) in [7, 11) is 0. The second-order valence-corrected chi connectivity index (χ2v) is 5.17. The number of esters is 1. The molecule has 6 nitrogen and oxygen atoms in total. The van der Waals surface area contributed by atoms with E-state index in [0.29, 0.717) is 5.56 Å². The summed E-state index contributed by atoms with van der Waals surface area (Å²) in [6.07, 6.45) is 0.270. The van der Waals surface area contributed by atoms with Gasteiger partial charge in [0.15, 0.2) is 11.9 Å². The Morgan fingerprint density at radius 1 is 1.08 bits per heavy atom. The Kier molecular flexibility index (Phi) is 5.63. The number of H-pyrrole nitrogens is 1. The quantitative estimate of drug-likeness (QED) is 0.611. The number of halogens is 2. The Labute approximate surface area is 141 Å². The van der Waals surface area contributed by atoms with E-state index in [0.717, 1.165) is 0 Å². The minimum atomic E-state index is -2.96. The lowest BCUT2D eigenvalue weighted by molar-refractivity contribution is -0.0498. The van der Waals surface area contributed by atoms with Crippen molar-refractivity contribution in [3.05, 3.63) is 53.3 Å². The van der Waals surface area contributed by atoms with E-state index in [4.69, 9.17) is 4.74 Å². The number of ether oxygens (including phenoxy) is 2. The summed E-state index contributed by atoms with van der Waals surface area (Å²) < 4.78 is 33.4. The van der Waals surface area contributed by atoms with Crippen molar-refractivity contribution < 1.29 is 32.6 Å². The highest BCUT2D eigenvalue weighted by molar-refractivity contribution is 6.02. The molecule has 25 heavy (non-hydrogen) atoms. The predicted octanol–water partition coefficient (Wildman–Crippen LogP) is 3.25. The molecule has 2 rings (SSSR count). The standard InChI is InChI=1S/C17H15F2NO5/c1-9(21)12-7-14(20-8-12)16(23)24-10(2)15(22)11-3-5-13(6-4-11)25-17(18)19/h3-8,10,17,20H,1-2H3. The van der Waals surface area contributed by atoms with Crippen LogP contribution in [0.2, 0.25) is 0 Å². The molecule has 0 saturated heterocycles. The van der Waals surface area contributed by atoms with Gasteiger partial charge in [-0.3, -0.25) is 9.59 Å². The van der Waals surface area contributed by atoms with E-state index in [-0.39, 0.29) is 22.8 Å². The average Bonchev–Trinajstić information content (AvgIpc) is 3.04. The van der Waals surface area contributed by atoms with Gasteiger partial charge >= 0.3 is 12.6 Å². The van der Waals surface area contributed by atoms with Gasteiger partial charge in [0.05, 0.1) is 0 Å². The average molecular weight is 351 g/mol. The second kappa shape index (κ2) is 7.69. The molecule has 0 spiro atoms. The molecule has 1 N–H and O–H groups in total. The summed E-state index contributed by atoms with van der Waals surface area (Å²) in [5, 5.41) is 0. The van der Waals surface area contributed by atoms with Gasteiger partial charge in [-0.2, -0.15) is 8.78 Å². The first kappa shape index (κ1) is 18.3. The minimum Gasteiger partial charge on any atom is -0.450 e. The normalized spacial score (nSPS) is 11.9. The number of hydrogen-bond acceptors (Lipinski definition) is 5. The third-order valence-corrected chi connectivity index (χ3v) is 3.33. The summed E-state index contributed by atoms with van der Waals surface area (Å²) in [6.45, 7) is -0.216. The van der Waals surface area contributed by atoms with E-state index < -0.39 is 24.5 Å². The lowest BCUT2D eigenvalue weighted by Gasteiger charge is -2.12. The van der Waals surface area contributed by atoms with Crippen LogP contribution in [-0.4, -0.2) is 35.2 Å². The molecule has 1 atom stereocenters. The van der Waals surface area contributed by atoms with Gasteiger partial charge in [0.2, 0.25) is 5.78 Å². The van der Waals surface area contributed by atoms with Crippen molar-refractivity contribution >= 4 is 17.5 Å². The first-order valence-corrected chi connectivity index (χ1v) is 7.27. The van der Waals surface area contributed by atoms with E-state index in [1.807, 2.05) is 0 Å². The molecule has 0 bridgehead atoms. The van der Waals surface area contributed by atoms with Crippen LogP contribution < -0.4 is 4.74 Å². The van der Waals surface area contributed by atoms with Crippen molar-refractivity contribution in [3.63, 3.8) is 0 Å². The van der Waals surface area contributed by atoms with Crippen molar-refractivity contribution in [3.8, 4) is 5.75 Å². The number of rotatable bonds is 7. The molecular weight excluding hydrogens is 336 g/mol. The zero-order valence-electron chi connectivity index (χ0n) is 13.4. The summed E-state index contributed by atoms with van der Waals surface area (Å²) in [6, 6.07) is 6.37. The molecule has 0 radical (unpaired) electrons. The monoisotopic (exact) mass is 351 g/mol. The Balaban J connectivity index is 2.01. The number of nitrogens with one attached hydrogen (secondary N) is 1. The Hall–Kier alpha value is -3.03. The second-order valence-electron chi connectivity index (χ2n) is 5.17. The zero-order chi connectivity index (χ0) is 18.6. The fraction of sp³-hybridized carbons (Fsp3) is 0.235. The summed E-state index contributed by atoms with van der Waals surface area (Å²) in [4.78, 5) is 38.0. The molecule has 132 valence electrons. The van der Waals surface area contributed by atoms with E-state index >= 15 is 0 Å². The number of Topliss-reactive ketones (excluding diaryl/α,β-unsaturated/α-hetero) is 2. The van der Waals surface area contributed by atoms with Gasteiger partial charge in [0, 0.05) is 17.3 Å². The van der Waals surface area contributed by atoms with Crippen LogP contribution in [0.1, 0.15) is 45.1 Å². The molecular formula is C17H15F2NO5. The highest BCUT2D eigenvalue weighted by Crippen LogP contribution is 2.17. The number of carbonyl (C=O) groups excluding carboxylic acids is 3. The van der Waals surface area contributed by atoms with Crippen LogP contribution in [0.3, 0.4) is 0 Å². The van der Waals surface area contributed by atoms with Gasteiger partial charge in [0.1, 0.15) is 11.4 Å². The van der Waals surface area contributed by atoms with Crippen LogP contribution >= 0.6 is 0 Å². The summed E-state index contributed by atoms with van der Waals surface area (Å²) in [5.74, 6) is -1.59. The lowest BCUT2D eigenvalue weighted by atomic mass is 10.1. The molecule has 1 heterocycles. The Bertz CT molecular complexity index is 783. The van der Waals surface area contributed by atoms with E-state index in [9.17, 15) is 23.2 Å². The maximum Gasteiger partial charge on any atom is 0.387 e. The molecule has 0 amide bonds. The highest BCUT2D eigenvalue weighted by atomic mass is 19.3. The van der Waals surface area contributed by atoms with Crippen LogP contribution in [0.5, 0.6) is 5.75 Å². The maximum absolute atomic E-state index is 12.2. The smallest absolute Gasteiger partial charge is 0.387 e. The molecule has 1 aromatic heterocycles. The SMILES string of the molecule is CC(=O)c1c[nH]c(C(=O)OC(C)C(=O)c2ccc(OC(F)F)cc2)c1. The van der Waals surface area contributed by atoms with Gasteiger partial charge in [-0.1, -0.05) is 0 Å². The van der Waals surface area contributed by atoms with Crippen molar-refractivity contribution in [2.24, 2.45) is 0 Å². The van der Waals surface area contributed by atoms with Crippen molar-refractivity contribution in [1.82, 2.24) is 4.98 Å². The number of alkyl halides is 2. The number of benzene rings is 1. The van der Waals surface area contributed by atoms with Gasteiger partial charge < -0.3 is 14.5 Å². The van der Waals surface area contributed by atoms with Crippen LogP contribution in [0.25, 0.3) is 0 Å². The Morgan fingerprint density at radius 2 is 1.72 bits per heavy atom. The number of ketones is 2. The van der Waals surface area contributed by atoms with Crippen molar-refractivity contribution in [1.29, 1.82) is 0 Å². The molecule has 0 saturated carbocycles. The van der Waals surface area contributed by atoms with Gasteiger partial charge in [0.25, 0.3) is 0 Å². The minimum absolute atomic E-state index is 0.0468. The van der Waals surface area contributed by atoms with Crippen LogP contribution in [0.15, 0.2) is 36.5 Å². The highest BCUT2D eigenvalue weighted by Gasteiger charge is 2.22. The fourth-order valence-corrected chi connectivity index (χ4v) is 2.03. The molecule has 0 fully saturated rings. The number of carbonyl (C=O) groups is 3. The van der Waals surface area contributed by atoms with Gasteiger partial charge in [-0.05, 0) is 44.2 Å². The first-order valence-electron chi connectivity index (χ1n) is 7.27. The molecule has 2 aromatic rings. The first-order chi connectivity index (χ1) is 11.8. The zero-order valence-corrected chi connectivity index (χ0v) is 13.4. The summed E-state index contributed by atoms with van der Waals surface area (Å²) in [5.41, 5.74) is 0.545. The van der Waals surface area contributed by atoms with Crippen LogP contribution in [0.4, 0.5) is 8.78 Å². The molecule has 0 aliphatic rings. The Morgan fingerprint density at radius 3 is 2.24 bits per heavy atom. The van der Waals surface area contributed by atoms with Gasteiger partial charge in [-0.15, -0.1) is 0 Å². The van der Waals surface area contributed by atoms with Crippen molar-refractivity contribution in [2.45, 2.75) is 26.6 Å². The van der Waals surface area contributed by atoms with Gasteiger partial charge in [-0.25, -0.2) is 4.79 Å². The fourth-order valence-electron chi connectivity index (χ4n) is 2.03. The van der Waals surface area contributed by atoms with E-state index in [1.165, 1.54) is 50.4 Å². The van der Waals surface area contributed by atoms with Crippen LogP contribution in [-0.2, 0) is 4.74 Å². The molecule has 1 aromatic carbocycles.